The molecule has 160 valence electrons. The minimum atomic E-state index is -0.200. The zero-order valence-electron chi connectivity index (χ0n) is 19.0. The lowest BCUT2D eigenvalue weighted by atomic mass is 10.1. The van der Waals surface area contributed by atoms with Gasteiger partial charge < -0.3 is 10.0 Å². The molecule has 1 rings (SSSR count). The van der Waals surface area contributed by atoms with Crippen LogP contribution in [0.2, 0.25) is 0 Å². The Morgan fingerprint density at radius 2 is 1.16 bits per heavy atom. The van der Waals surface area contributed by atoms with Crippen molar-refractivity contribution in [2.75, 3.05) is 24.6 Å². The molecule has 0 saturated heterocycles. The van der Waals surface area contributed by atoms with E-state index in [0.717, 1.165) is 18.7 Å². The maximum absolute atomic E-state index is 8.49. The first-order valence-corrected chi connectivity index (χ1v) is 11.3. The van der Waals surface area contributed by atoms with E-state index in [1.165, 1.54) is 57.1 Å². The number of hydrogen-bond acceptors (Lipinski definition) is 2. The molecule has 0 aliphatic heterocycles. The van der Waals surface area contributed by atoms with Crippen molar-refractivity contribution in [3.05, 3.63) is 29.8 Å². The van der Waals surface area contributed by atoms with Crippen LogP contribution in [0.3, 0.4) is 0 Å². The van der Waals surface area contributed by atoms with Crippen molar-refractivity contribution >= 4 is 5.69 Å². The first-order chi connectivity index (χ1) is 15.3. The van der Waals surface area contributed by atoms with Crippen LogP contribution in [-0.4, -0.2) is 24.8 Å². The Morgan fingerprint density at radius 3 is 1.68 bits per heavy atom. The molecule has 0 amide bonds. The summed E-state index contributed by atoms with van der Waals surface area (Å²) in [6.07, 6.45) is 10.3. The third-order valence-corrected chi connectivity index (χ3v) is 4.61. The molecule has 0 aliphatic rings. The van der Waals surface area contributed by atoms with Gasteiger partial charge in [-0.05, 0) is 84.5 Å². The Balaban J connectivity index is 2.66. The third kappa shape index (κ3) is 13.6. The van der Waals surface area contributed by atoms with Gasteiger partial charge in [-0.25, -0.2) is 0 Å². The number of rotatable bonds is 11. The number of aliphatic hydroxyl groups excluding tert-OH is 1. The molecule has 0 fully saturated rings. The molecule has 0 spiro atoms. The quantitative estimate of drug-likeness (QED) is 0.409. The molecule has 2 heteroatoms. The zero-order valence-corrected chi connectivity index (χ0v) is 19.0. The highest BCUT2D eigenvalue weighted by Crippen LogP contribution is 2.17. The SMILES string of the molecule is CCCCCCN(CCCCCC)c1ccc(C#CC#CC#CC#CC#CCO)cc1. The van der Waals surface area contributed by atoms with Crippen molar-refractivity contribution in [2.45, 2.75) is 65.2 Å². The highest BCUT2D eigenvalue weighted by atomic mass is 16.2. The van der Waals surface area contributed by atoms with Crippen LogP contribution in [0.25, 0.3) is 0 Å². The van der Waals surface area contributed by atoms with E-state index in [-0.39, 0.29) is 6.61 Å². The summed E-state index contributed by atoms with van der Waals surface area (Å²) in [5.74, 6) is 26.3. The molecule has 1 aromatic rings. The topological polar surface area (TPSA) is 23.5 Å². The van der Waals surface area contributed by atoms with Crippen molar-refractivity contribution in [1.82, 2.24) is 0 Å². The minimum Gasteiger partial charge on any atom is -0.384 e. The first-order valence-electron chi connectivity index (χ1n) is 11.3. The summed E-state index contributed by atoms with van der Waals surface area (Å²) in [7, 11) is 0. The van der Waals surface area contributed by atoms with E-state index in [0.29, 0.717) is 0 Å². The summed E-state index contributed by atoms with van der Waals surface area (Å²) in [4.78, 5) is 2.52. The number of nitrogens with zero attached hydrogens (tertiary/aromatic N) is 1. The van der Waals surface area contributed by atoms with Gasteiger partial charge in [-0.1, -0.05) is 64.2 Å². The van der Waals surface area contributed by atoms with Crippen LogP contribution in [0.5, 0.6) is 0 Å². The molecule has 0 bridgehead atoms. The largest absolute Gasteiger partial charge is 0.384 e. The second-order valence-electron chi connectivity index (χ2n) is 7.12. The maximum atomic E-state index is 8.49. The van der Waals surface area contributed by atoms with Gasteiger partial charge in [-0.2, -0.15) is 0 Å². The van der Waals surface area contributed by atoms with Crippen LogP contribution < -0.4 is 4.90 Å². The van der Waals surface area contributed by atoms with E-state index >= 15 is 0 Å². The molecular formula is C29H33NO. The molecule has 0 saturated carbocycles. The van der Waals surface area contributed by atoms with Gasteiger partial charge in [0.25, 0.3) is 0 Å². The molecular weight excluding hydrogens is 378 g/mol. The van der Waals surface area contributed by atoms with Gasteiger partial charge in [-0.15, -0.1) is 0 Å². The molecule has 31 heavy (non-hydrogen) atoms. The maximum Gasteiger partial charge on any atom is 0.105 e. The van der Waals surface area contributed by atoms with Gasteiger partial charge in [-0.3, -0.25) is 0 Å². The van der Waals surface area contributed by atoms with E-state index < -0.39 is 0 Å². The monoisotopic (exact) mass is 411 g/mol. The molecule has 0 heterocycles. The summed E-state index contributed by atoms with van der Waals surface area (Å²) < 4.78 is 0. The molecule has 0 atom stereocenters. The van der Waals surface area contributed by atoms with Crippen LogP contribution in [0.4, 0.5) is 5.69 Å². The minimum absolute atomic E-state index is 0.200. The normalized spacial score (nSPS) is 8.61. The van der Waals surface area contributed by atoms with E-state index in [9.17, 15) is 0 Å². The molecule has 0 radical (unpaired) electrons. The number of anilines is 1. The van der Waals surface area contributed by atoms with Crippen molar-refractivity contribution in [1.29, 1.82) is 0 Å². The molecule has 1 aromatic carbocycles. The number of aliphatic hydroxyl groups is 1. The third-order valence-electron chi connectivity index (χ3n) is 4.61. The van der Waals surface area contributed by atoms with Crippen molar-refractivity contribution in [2.24, 2.45) is 0 Å². The van der Waals surface area contributed by atoms with Crippen molar-refractivity contribution in [3.8, 4) is 59.2 Å². The van der Waals surface area contributed by atoms with Gasteiger partial charge >= 0.3 is 0 Å². The first kappa shape index (κ1) is 25.8. The van der Waals surface area contributed by atoms with E-state index in [4.69, 9.17) is 5.11 Å². The molecule has 0 aromatic heterocycles. The summed E-state index contributed by atoms with van der Waals surface area (Å²) in [5.41, 5.74) is 2.22. The Labute approximate surface area is 189 Å². The number of unbranched alkanes of at least 4 members (excludes halogenated alkanes) is 6. The fourth-order valence-corrected chi connectivity index (χ4v) is 2.96. The second-order valence-corrected chi connectivity index (χ2v) is 7.12. The lowest BCUT2D eigenvalue weighted by Crippen LogP contribution is -2.25. The summed E-state index contributed by atoms with van der Waals surface area (Å²) in [6, 6.07) is 8.46. The molecule has 2 nitrogen and oxygen atoms in total. The Morgan fingerprint density at radius 1 is 0.645 bits per heavy atom. The average molecular weight is 412 g/mol. The Hall–Kier alpha value is -3.22. The smallest absolute Gasteiger partial charge is 0.105 e. The lowest BCUT2D eigenvalue weighted by Gasteiger charge is -2.25. The van der Waals surface area contributed by atoms with Crippen LogP contribution >= 0.6 is 0 Å². The van der Waals surface area contributed by atoms with Gasteiger partial charge in [0, 0.05) is 24.3 Å². The molecule has 0 unspecified atom stereocenters. The van der Waals surface area contributed by atoms with Crippen LogP contribution in [0.15, 0.2) is 24.3 Å². The van der Waals surface area contributed by atoms with Gasteiger partial charge in [0.2, 0.25) is 0 Å². The second kappa shape index (κ2) is 18.8. The fraction of sp³-hybridized carbons (Fsp3) is 0.448. The van der Waals surface area contributed by atoms with Gasteiger partial charge in [0.05, 0.1) is 0 Å². The highest BCUT2D eigenvalue weighted by Gasteiger charge is 2.06. The van der Waals surface area contributed by atoms with E-state index in [1.54, 1.807) is 0 Å². The molecule has 1 N–H and O–H groups in total. The van der Waals surface area contributed by atoms with Crippen LogP contribution in [0, 0.1) is 59.2 Å². The summed E-state index contributed by atoms with van der Waals surface area (Å²) >= 11 is 0. The number of hydrogen-bond donors (Lipinski definition) is 1. The van der Waals surface area contributed by atoms with E-state index in [2.05, 4.69) is 102 Å². The van der Waals surface area contributed by atoms with E-state index in [1.807, 2.05) is 0 Å². The molecule has 0 aliphatic carbocycles. The average Bonchev–Trinajstić information content (AvgIpc) is 2.80. The Bertz CT molecular complexity index is 919. The zero-order chi connectivity index (χ0) is 22.4. The standard InChI is InChI=1S/C29H33NO/c1-3-5-7-17-25-30(26-18-8-6-4-2)29-23-21-28(22-24-29)20-16-14-12-10-9-11-13-15-19-27-31/h21-24,31H,3-8,17-18,25-27H2,1-2H3. The number of benzene rings is 1. The van der Waals surface area contributed by atoms with Crippen molar-refractivity contribution in [3.63, 3.8) is 0 Å². The fourth-order valence-electron chi connectivity index (χ4n) is 2.96. The predicted molar refractivity (Wildman–Crippen MR) is 132 cm³/mol. The van der Waals surface area contributed by atoms with Crippen molar-refractivity contribution < 1.29 is 5.11 Å². The Kier molecular flexibility index (Phi) is 15.6. The predicted octanol–water partition coefficient (Wildman–Crippen LogP) is 5.01. The van der Waals surface area contributed by atoms with Gasteiger partial charge in [0.15, 0.2) is 0 Å². The van der Waals surface area contributed by atoms with Crippen LogP contribution in [-0.2, 0) is 0 Å². The highest BCUT2D eigenvalue weighted by molar-refractivity contribution is 5.52. The van der Waals surface area contributed by atoms with Crippen LogP contribution in [0.1, 0.15) is 70.8 Å². The lowest BCUT2D eigenvalue weighted by molar-refractivity contribution is 0.350. The summed E-state index contributed by atoms with van der Waals surface area (Å²) in [6.45, 7) is 6.55. The van der Waals surface area contributed by atoms with Gasteiger partial charge in [0.1, 0.15) is 6.61 Å². The summed E-state index contributed by atoms with van der Waals surface area (Å²) in [5, 5.41) is 8.49.